The number of halogens is 4. The molecular weight excluding hydrogens is 425 g/mol. The Balaban J connectivity index is 1.67. The summed E-state index contributed by atoms with van der Waals surface area (Å²) < 4.78 is 61.3. The second-order valence-corrected chi connectivity index (χ2v) is 7.57. The zero-order chi connectivity index (χ0) is 23.0. The van der Waals surface area contributed by atoms with Gasteiger partial charge in [0.25, 0.3) is 5.91 Å². The van der Waals surface area contributed by atoms with Crippen molar-refractivity contribution in [3.8, 4) is 17.0 Å². The van der Waals surface area contributed by atoms with Gasteiger partial charge in [-0.2, -0.15) is 5.10 Å². The first kappa shape index (κ1) is 21.9. The lowest BCUT2D eigenvalue weighted by molar-refractivity contribution is 0.0667. The molecule has 0 bridgehead atoms. The summed E-state index contributed by atoms with van der Waals surface area (Å²) in [6.45, 7) is 0.939. The van der Waals surface area contributed by atoms with E-state index in [0.717, 1.165) is 11.6 Å². The predicted molar refractivity (Wildman–Crippen MR) is 110 cm³/mol. The van der Waals surface area contributed by atoms with Gasteiger partial charge in [-0.3, -0.25) is 9.48 Å². The Morgan fingerprint density at radius 1 is 1.19 bits per heavy atom. The van der Waals surface area contributed by atoms with Crippen molar-refractivity contribution in [1.29, 1.82) is 0 Å². The highest BCUT2D eigenvalue weighted by Crippen LogP contribution is 2.37. The Bertz CT molecular complexity index is 1160. The minimum Gasteiger partial charge on any atom is -0.488 e. The molecule has 0 saturated heterocycles. The van der Waals surface area contributed by atoms with Crippen molar-refractivity contribution >= 4 is 5.91 Å². The number of ether oxygens (including phenoxy) is 1. The van der Waals surface area contributed by atoms with Crippen LogP contribution in [0.25, 0.3) is 11.3 Å². The van der Waals surface area contributed by atoms with Crippen LogP contribution in [-0.2, 0) is 13.5 Å². The van der Waals surface area contributed by atoms with Gasteiger partial charge in [0.2, 0.25) is 0 Å². The van der Waals surface area contributed by atoms with Gasteiger partial charge in [0.1, 0.15) is 24.9 Å². The number of aryl methyl sites for hydroxylation is 1. The van der Waals surface area contributed by atoms with Crippen molar-refractivity contribution in [2.24, 2.45) is 7.05 Å². The van der Waals surface area contributed by atoms with Crippen molar-refractivity contribution in [3.63, 3.8) is 0 Å². The van der Waals surface area contributed by atoms with Gasteiger partial charge in [-0.25, -0.2) is 17.6 Å². The van der Waals surface area contributed by atoms with Crippen molar-refractivity contribution in [3.05, 3.63) is 70.7 Å². The lowest BCUT2D eigenvalue weighted by Gasteiger charge is -2.33. The summed E-state index contributed by atoms with van der Waals surface area (Å²) in [5, 5.41) is 4.49. The highest BCUT2D eigenvalue weighted by molar-refractivity contribution is 5.95. The fourth-order valence-electron chi connectivity index (χ4n) is 4.16. The molecule has 2 heterocycles. The molecule has 5 nitrogen and oxygen atoms in total. The van der Waals surface area contributed by atoms with E-state index >= 15 is 0 Å². The molecule has 4 rings (SSSR count). The summed E-state index contributed by atoms with van der Waals surface area (Å²) in [7, 11) is 1.67. The van der Waals surface area contributed by atoms with E-state index < -0.39 is 36.1 Å². The first-order valence-corrected chi connectivity index (χ1v) is 10.1. The monoisotopic (exact) mass is 446 g/mol. The molecule has 0 aliphatic carbocycles. The van der Waals surface area contributed by atoms with Crippen LogP contribution in [0.5, 0.6) is 5.75 Å². The van der Waals surface area contributed by atoms with Gasteiger partial charge in [-0.05, 0) is 37.6 Å². The Morgan fingerprint density at radius 2 is 1.91 bits per heavy atom. The van der Waals surface area contributed by atoms with E-state index in [0.29, 0.717) is 23.4 Å². The standard InChI is InChI=1S/C23H21F4N3O2/c1-13-21-18(22(29(2)28-21)14-10-15(25)12-16(26)11-14)6-8-30(13)23(31)17-4-3-5-19(20(17)27)32-9-7-24/h3-5,10-13H,6-9H2,1-2H3/t13-/m0/s1/i24-1. The van der Waals surface area contributed by atoms with Crippen LogP contribution in [0.4, 0.5) is 17.6 Å². The highest BCUT2D eigenvalue weighted by atomic mass is 19.1. The van der Waals surface area contributed by atoms with Crippen LogP contribution in [0.15, 0.2) is 36.4 Å². The maximum Gasteiger partial charge on any atom is 0.257 e. The molecular formula is C23H21F4N3O2. The molecule has 0 spiro atoms. The lowest BCUT2D eigenvalue weighted by Crippen LogP contribution is -2.39. The number of fused-ring (bicyclic) bond motifs is 1. The molecule has 1 aliphatic rings. The largest absolute Gasteiger partial charge is 0.488 e. The van der Waals surface area contributed by atoms with Crippen LogP contribution in [0.2, 0.25) is 0 Å². The van der Waals surface area contributed by atoms with Gasteiger partial charge < -0.3 is 9.64 Å². The number of rotatable bonds is 5. The fraction of sp³-hybridized carbons (Fsp3) is 0.304. The zero-order valence-electron chi connectivity index (χ0n) is 17.5. The molecule has 32 heavy (non-hydrogen) atoms. The number of aromatic nitrogens is 2. The highest BCUT2D eigenvalue weighted by Gasteiger charge is 2.34. The SMILES string of the molecule is C[C@H]1c2nn(C)c(-c3cc(F)cc(F)c3)c2CCN1C(=O)c1cccc(OCC[18F])c1F. The average Bonchev–Trinajstić information content (AvgIpc) is 3.09. The Hall–Kier alpha value is -3.36. The van der Waals surface area contributed by atoms with Crippen LogP contribution in [0.3, 0.4) is 0 Å². The zero-order valence-corrected chi connectivity index (χ0v) is 17.5. The van der Waals surface area contributed by atoms with Crippen LogP contribution < -0.4 is 4.74 Å². The van der Waals surface area contributed by atoms with Crippen LogP contribution >= 0.6 is 0 Å². The number of carbonyl (C=O) groups excluding carboxylic acids is 1. The number of alkyl halides is 1. The maximum atomic E-state index is 14.8. The van der Waals surface area contributed by atoms with E-state index in [1.807, 2.05) is 0 Å². The Kier molecular flexibility index (Phi) is 5.90. The molecule has 1 atom stereocenters. The summed E-state index contributed by atoms with van der Waals surface area (Å²) in [6, 6.07) is 6.93. The van der Waals surface area contributed by atoms with E-state index in [9.17, 15) is 22.4 Å². The van der Waals surface area contributed by atoms with Crippen molar-refractivity contribution in [2.75, 3.05) is 19.8 Å². The summed E-state index contributed by atoms with van der Waals surface area (Å²) in [4.78, 5) is 14.6. The maximum absolute atomic E-state index is 14.8. The van der Waals surface area contributed by atoms with E-state index in [-0.39, 0.29) is 24.5 Å². The second kappa shape index (κ2) is 8.64. The van der Waals surface area contributed by atoms with E-state index in [1.165, 1.54) is 39.9 Å². The smallest absolute Gasteiger partial charge is 0.257 e. The summed E-state index contributed by atoms with van der Waals surface area (Å²) >= 11 is 0. The quantitative estimate of drug-likeness (QED) is 0.538. The molecule has 2 aromatic carbocycles. The first-order chi connectivity index (χ1) is 15.3. The van der Waals surface area contributed by atoms with Gasteiger partial charge in [-0.1, -0.05) is 6.07 Å². The van der Waals surface area contributed by atoms with E-state index in [1.54, 1.807) is 14.0 Å². The summed E-state index contributed by atoms with van der Waals surface area (Å²) in [5.74, 6) is -2.97. The number of hydrogen-bond donors (Lipinski definition) is 0. The third-order valence-electron chi connectivity index (χ3n) is 5.57. The molecule has 3 aromatic rings. The molecule has 0 N–H and O–H groups in total. The minimum atomic E-state index is -0.846. The third-order valence-corrected chi connectivity index (χ3v) is 5.57. The molecule has 0 radical (unpaired) electrons. The molecule has 0 fully saturated rings. The number of nitrogens with zero attached hydrogens (tertiary/aromatic N) is 3. The molecule has 1 amide bonds. The Morgan fingerprint density at radius 3 is 2.59 bits per heavy atom. The fourth-order valence-corrected chi connectivity index (χ4v) is 4.16. The van der Waals surface area contributed by atoms with Crippen molar-refractivity contribution < 1.29 is 27.1 Å². The predicted octanol–water partition coefficient (Wildman–Crippen LogP) is 4.61. The Labute approximate surface area is 182 Å². The molecule has 0 saturated carbocycles. The van der Waals surface area contributed by atoms with Gasteiger partial charge in [0.05, 0.1) is 23.0 Å². The first-order valence-electron chi connectivity index (χ1n) is 10.1. The third kappa shape index (κ3) is 3.83. The number of carbonyl (C=O) groups is 1. The summed E-state index contributed by atoms with van der Waals surface area (Å²) in [5.41, 5.74) is 2.12. The summed E-state index contributed by atoms with van der Waals surface area (Å²) in [6.07, 6.45) is 0.381. The minimum absolute atomic E-state index is 0.181. The molecule has 0 unspecified atom stereocenters. The van der Waals surface area contributed by atoms with Gasteiger partial charge in [0.15, 0.2) is 11.6 Å². The number of hydrogen-bond acceptors (Lipinski definition) is 3. The van der Waals surface area contributed by atoms with Crippen LogP contribution in [0, 0.1) is 17.5 Å². The second-order valence-electron chi connectivity index (χ2n) is 7.57. The molecule has 1 aliphatic heterocycles. The molecule has 1 aromatic heterocycles. The average molecular weight is 446 g/mol. The van der Waals surface area contributed by atoms with Crippen molar-refractivity contribution in [2.45, 2.75) is 19.4 Å². The van der Waals surface area contributed by atoms with Gasteiger partial charge in [-0.15, -0.1) is 0 Å². The van der Waals surface area contributed by atoms with Gasteiger partial charge >= 0.3 is 0 Å². The lowest BCUT2D eigenvalue weighted by atomic mass is 9.95. The molecule has 168 valence electrons. The van der Waals surface area contributed by atoms with E-state index in [2.05, 4.69) is 5.10 Å². The normalized spacial score (nSPS) is 15.6. The van der Waals surface area contributed by atoms with Gasteiger partial charge in [0, 0.05) is 30.8 Å². The van der Waals surface area contributed by atoms with Crippen LogP contribution in [0.1, 0.15) is 34.6 Å². The number of amides is 1. The topological polar surface area (TPSA) is 47.4 Å². The van der Waals surface area contributed by atoms with Crippen molar-refractivity contribution in [1.82, 2.24) is 14.7 Å². The van der Waals surface area contributed by atoms with E-state index in [4.69, 9.17) is 4.74 Å². The molecule has 9 heteroatoms. The van der Waals surface area contributed by atoms with Crippen LogP contribution in [-0.4, -0.2) is 40.4 Å². The number of benzene rings is 2.